The van der Waals surface area contributed by atoms with Gasteiger partial charge in [0.1, 0.15) is 5.75 Å². The van der Waals surface area contributed by atoms with Gasteiger partial charge in [0.25, 0.3) is 0 Å². The molecule has 1 rings (SSSR count). The first kappa shape index (κ1) is 17.1. The molecule has 1 amide bonds. The molecule has 0 saturated heterocycles. The molecular formula is C16H27N3O2. The van der Waals surface area contributed by atoms with E-state index in [-0.39, 0.29) is 18.1 Å². The van der Waals surface area contributed by atoms with E-state index in [0.717, 1.165) is 12.1 Å². The summed E-state index contributed by atoms with van der Waals surface area (Å²) in [6, 6.07) is 5.83. The van der Waals surface area contributed by atoms with E-state index in [0.29, 0.717) is 24.4 Å². The standard InChI is InChI=1S/C16H27N3O2/c1-5-12(4)19-15(20)9-10-18-13-7-6-8-14(16(13)17)21-11(2)3/h6-8,11-12,18H,5,9-10,17H2,1-4H3,(H,19,20). The molecule has 0 aliphatic rings. The number of nitrogen functional groups attached to an aromatic ring is 1. The SMILES string of the molecule is CCC(C)NC(=O)CCNc1cccc(OC(C)C)c1N. The van der Waals surface area contributed by atoms with Gasteiger partial charge in [-0.3, -0.25) is 4.79 Å². The van der Waals surface area contributed by atoms with Crippen molar-refractivity contribution in [1.82, 2.24) is 5.32 Å². The van der Waals surface area contributed by atoms with Crippen LogP contribution in [0, 0.1) is 0 Å². The summed E-state index contributed by atoms with van der Waals surface area (Å²) in [5.74, 6) is 0.712. The molecule has 1 aromatic carbocycles. The van der Waals surface area contributed by atoms with E-state index in [1.165, 1.54) is 0 Å². The molecule has 0 heterocycles. The Morgan fingerprint density at radius 3 is 2.67 bits per heavy atom. The van der Waals surface area contributed by atoms with Gasteiger partial charge < -0.3 is 21.1 Å². The minimum atomic E-state index is 0.0463. The molecule has 5 nitrogen and oxygen atoms in total. The van der Waals surface area contributed by atoms with Crippen molar-refractivity contribution in [3.8, 4) is 5.75 Å². The van der Waals surface area contributed by atoms with E-state index in [1.54, 1.807) is 0 Å². The van der Waals surface area contributed by atoms with Gasteiger partial charge in [0.15, 0.2) is 0 Å². The smallest absolute Gasteiger partial charge is 0.221 e. The van der Waals surface area contributed by atoms with Crippen molar-refractivity contribution in [2.75, 3.05) is 17.6 Å². The van der Waals surface area contributed by atoms with Crippen molar-refractivity contribution in [2.24, 2.45) is 0 Å². The van der Waals surface area contributed by atoms with Crippen molar-refractivity contribution in [3.05, 3.63) is 18.2 Å². The Morgan fingerprint density at radius 1 is 1.33 bits per heavy atom. The lowest BCUT2D eigenvalue weighted by Gasteiger charge is -2.16. The highest BCUT2D eigenvalue weighted by Gasteiger charge is 2.09. The molecule has 0 aromatic heterocycles. The Balaban J connectivity index is 2.50. The Hall–Kier alpha value is -1.91. The molecule has 1 aromatic rings. The second-order valence-corrected chi connectivity index (χ2v) is 5.44. The van der Waals surface area contributed by atoms with Crippen LogP contribution >= 0.6 is 0 Å². The fourth-order valence-corrected chi connectivity index (χ4v) is 1.81. The van der Waals surface area contributed by atoms with Gasteiger partial charge >= 0.3 is 0 Å². The topological polar surface area (TPSA) is 76.4 Å². The third-order valence-electron chi connectivity index (χ3n) is 3.12. The molecule has 5 heteroatoms. The Kier molecular flexibility index (Phi) is 6.85. The molecule has 0 radical (unpaired) electrons. The average molecular weight is 293 g/mol. The first-order valence-corrected chi connectivity index (χ1v) is 7.52. The van der Waals surface area contributed by atoms with Crippen LogP contribution in [0.15, 0.2) is 18.2 Å². The van der Waals surface area contributed by atoms with E-state index in [2.05, 4.69) is 10.6 Å². The lowest BCUT2D eigenvalue weighted by molar-refractivity contribution is -0.121. The third kappa shape index (κ3) is 5.94. The predicted octanol–water partition coefficient (Wildman–Crippen LogP) is 2.77. The zero-order chi connectivity index (χ0) is 15.8. The number of amides is 1. The zero-order valence-electron chi connectivity index (χ0n) is 13.4. The first-order valence-electron chi connectivity index (χ1n) is 7.52. The maximum absolute atomic E-state index is 11.7. The molecule has 1 atom stereocenters. The molecule has 21 heavy (non-hydrogen) atoms. The van der Waals surface area contributed by atoms with Crippen molar-refractivity contribution >= 4 is 17.3 Å². The number of benzene rings is 1. The number of rotatable bonds is 8. The molecule has 0 saturated carbocycles. The fourth-order valence-electron chi connectivity index (χ4n) is 1.81. The van der Waals surface area contributed by atoms with Crippen LogP contribution < -0.4 is 21.1 Å². The molecule has 0 aliphatic heterocycles. The average Bonchev–Trinajstić information content (AvgIpc) is 2.42. The van der Waals surface area contributed by atoms with E-state index in [9.17, 15) is 4.79 Å². The van der Waals surface area contributed by atoms with Crippen molar-refractivity contribution < 1.29 is 9.53 Å². The van der Waals surface area contributed by atoms with Crippen LogP contribution in [0.1, 0.15) is 40.5 Å². The largest absolute Gasteiger partial charge is 0.489 e. The second kappa shape index (κ2) is 8.39. The van der Waals surface area contributed by atoms with E-state index in [4.69, 9.17) is 10.5 Å². The number of nitrogens with two attached hydrogens (primary N) is 1. The van der Waals surface area contributed by atoms with Crippen LogP contribution in [0.4, 0.5) is 11.4 Å². The Bertz CT molecular complexity index is 461. The number of carbonyl (C=O) groups is 1. The molecule has 0 spiro atoms. The molecule has 0 fully saturated rings. The van der Waals surface area contributed by atoms with Gasteiger partial charge in [-0.05, 0) is 39.3 Å². The van der Waals surface area contributed by atoms with Crippen LogP contribution in [0.3, 0.4) is 0 Å². The maximum atomic E-state index is 11.7. The summed E-state index contributed by atoms with van der Waals surface area (Å²) in [5, 5.41) is 6.12. The van der Waals surface area contributed by atoms with Crippen LogP contribution in [-0.4, -0.2) is 24.6 Å². The molecular weight excluding hydrogens is 266 g/mol. The number of hydrogen-bond donors (Lipinski definition) is 3. The van der Waals surface area contributed by atoms with Gasteiger partial charge in [-0.15, -0.1) is 0 Å². The molecule has 1 unspecified atom stereocenters. The quantitative estimate of drug-likeness (QED) is 0.644. The fraction of sp³-hybridized carbons (Fsp3) is 0.562. The van der Waals surface area contributed by atoms with Crippen LogP contribution in [-0.2, 0) is 4.79 Å². The van der Waals surface area contributed by atoms with Crippen molar-refractivity contribution in [3.63, 3.8) is 0 Å². The number of anilines is 2. The van der Waals surface area contributed by atoms with E-state index in [1.807, 2.05) is 45.9 Å². The molecule has 0 aliphatic carbocycles. The zero-order valence-corrected chi connectivity index (χ0v) is 13.4. The van der Waals surface area contributed by atoms with Crippen molar-refractivity contribution in [2.45, 2.75) is 52.7 Å². The lowest BCUT2D eigenvalue weighted by atomic mass is 10.2. The van der Waals surface area contributed by atoms with Gasteiger partial charge in [0, 0.05) is 19.0 Å². The maximum Gasteiger partial charge on any atom is 0.221 e. The van der Waals surface area contributed by atoms with E-state index < -0.39 is 0 Å². The highest BCUT2D eigenvalue weighted by molar-refractivity contribution is 5.77. The first-order chi connectivity index (χ1) is 9.93. The van der Waals surface area contributed by atoms with Crippen LogP contribution in [0.25, 0.3) is 0 Å². The number of para-hydroxylation sites is 1. The Morgan fingerprint density at radius 2 is 2.05 bits per heavy atom. The summed E-state index contributed by atoms with van der Waals surface area (Å²) in [6.45, 7) is 8.50. The van der Waals surface area contributed by atoms with Gasteiger partial charge in [-0.1, -0.05) is 13.0 Å². The highest BCUT2D eigenvalue weighted by atomic mass is 16.5. The van der Waals surface area contributed by atoms with Gasteiger partial charge in [0.05, 0.1) is 17.5 Å². The monoisotopic (exact) mass is 293 g/mol. The van der Waals surface area contributed by atoms with E-state index >= 15 is 0 Å². The second-order valence-electron chi connectivity index (χ2n) is 5.44. The molecule has 0 bridgehead atoms. The Labute approximate surface area is 127 Å². The number of ether oxygens (including phenoxy) is 1. The summed E-state index contributed by atoms with van der Waals surface area (Å²) >= 11 is 0. The lowest BCUT2D eigenvalue weighted by Crippen LogP contribution is -2.33. The highest BCUT2D eigenvalue weighted by Crippen LogP contribution is 2.29. The van der Waals surface area contributed by atoms with Gasteiger partial charge in [-0.25, -0.2) is 0 Å². The summed E-state index contributed by atoms with van der Waals surface area (Å²) in [6.07, 6.45) is 1.42. The molecule has 118 valence electrons. The summed E-state index contributed by atoms with van der Waals surface area (Å²) in [7, 11) is 0. The summed E-state index contributed by atoms with van der Waals surface area (Å²) < 4.78 is 5.64. The third-order valence-corrected chi connectivity index (χ3v) is 3.12. The molecule has 4 N–H and O–H groups in total. The van der Waals surface area contributed by atoms with Gasteiger partial charge in [0.2, 0.25) is 5.91 Å². The van der Waals surface area contributed by atoms with Crippen molar-refractivity contribution in [1.29, 1.82) is 0 Å². The number of carbonyl (C=O) groups excluding carboxylic acids is 1. The summed E-state index contributed by atoms with van der Waals surface area (Å²) in [4.78, 5) is 11.7. The minimum Gasteiger partial charge on any atom is -0.489 e. The normalized spacial score (nSPS) is 12.0. The predicted molar refractivity (Wildman–Crippen MR) is 87.6 cm³/mol. The van der Waals surface area contributed by atoms with Crippen LogP contribution in [0.2, 0.25) is 0 Å². The summed E-state index contributed by atoms with van der Waals surface area (Å²) in [5.41, 5.74) is 7.44. The van der Waals surface area contributed by atoms with Crippen LogP contribution in [0.5, 0.6) is 5.75 Å². The number of nitrogens with one attached hydrogen (secondary N) is 2. The number of hydrogen-bond acceptors (Lipinski definition) is 4. The van der Waals surface area contributed by atoms with Gasteiger partial charge in [-0.2, -0.15) is 0 Å². The minimum absolute atomic E-state index is 0.0463.